The Bertz CT molecular complexity index is 1320. The molecule has 0 aliphatic carbocycles. The third kappa shape index (κ3) is 6.85. The van der Waals surface area contributed by atoms with Crippen LogP contribution in [0.15, 0.2) is 103 Å². The predicted molar refractivity (Wildman–Crippen MR) is 146 cm³/mol. The third-order valence-electron chi connectivity index (χ3n) is 6.23. The van der Waals surface area contributed by atoms with Crippen LogP contribution in [0, 0.1) is 0 Å². The van der Waals surface area contributed by atoms with Gasteiger partial charge in [-0.15, -0.1) is 0 Å². The molecule has 37 heavy (non-hydrogen) atoms. The smallest absolute Gasteiger partial charge is 0.336 e. The Morgan fingerprint density at radius 1 is 0.784 bits per heavy atom. The van der Waals surface area contributed by atoms with Gasteiger partial charge in [-0.05, 0) is 72.4 Å². The summed E-state index contributed by atoms with van der Waals surface area (Å²) in [5.74, 6) is -0.242. The van der Waals surface area contributed by atoms with Crippen LogP contribution in [0.25, 0.3) is 11.1 Å². The summed E-state index contributed by atoms with van der Waals surface area (Å²) in [6.07, 6.45) is 1.73. The first kappa shape index (κ1) is 25.7. The zero-order chi connectivity index (χ0) is 26.0. The molecular weight excluding hydrogens is 462 g/mol. The number of rotatable bonds is 11. The molecular formula is C32H31NO4. The van der Waals surface area contributed by atoms with Crippen LogP contribution in [0.2, 0.25) is 0 Å². The van der Waals surface area contributed by atoms with Crippen molar-refractivity contribution in [3.05, 3.63) is 125 Å². The molecule has 0 atom stereocenters. The molecule has 0 saturated heterocycles. The number of ether oxygens (including phenoxy) is 1. The maximum atomic E-state index is 13.5. The highest BCUT2D eigenvalue weighted by atomic mass is 16.5. The van der Waals surface area contributed by atoms with Crippen LogP contribution >= 0.6 is 0 Å². The molecule has 0 heterocycles. The van der Waals surface area contributed by atoms with Gasteiger partial charge in [-0.3, -0.25) is 4.79 Å². The topological polar surface area (TPSA) is 66.8 Å². The van der Waals surface area contributed by atoms with Crippen LogP contribution in [0.5, 0.6) is 5.75 Å². The first-order valence-electron chi connectivity index (χ1n) is 12.5. The first-order valence-corrected chi connectivity index (χ1v) is 12.5. The lowest BCUT2D eigenvalue weighted by Gasteiger charge is -2.23. The molecule has 0 unspecified atom stereocenters. The van der Waals surface area contributed by atoms with Gasteiger partial charge in [0.25, 0.3) is 5.91 Å². The van der Waals surface area contributed by atoms with Crippen LogP contribution in [-0.4, -0.2) is 35.0 Å². The minimum absolute atomic E-state index is 0.0311. The molecule has 4 rings (SSSR count). The van der Waals surface area contributed by atoms with E-state index < -0.39 is 5.97 Å². The summed E-state index contributed by atoms with van der Waals surface area (Å²) in [5, 5.41) is 9.53. The molecule has 1 N–H and O–H groups in total. The van der Waals surface area contributed by atoms with Gasteiger partial charge < -0.3 is 14.7 Å². The maximum Gasteiger partial charge on any atom is 0.336 e. The van der Waals surface area contributed by atoms with Gasteiger partial charge in [-0.1, -0.05) is 72.8 Å². The number of aryl methyl sites for hydroxylation is 1. The summed E-state index contributed by atoms with van der Waals surface area (Å²) in [5.41, 5.74) is 4.62. The van der Waals surface area contributed by atoms with Crippen molar-refractivity contribution < 1.29 is 19.4 Å². The fraction of sp³-hybridized carbons (Fsp3) is 0.188. The fourth-order valence-electron chi connectivity index (χ4n) is 4.35. The summed E-state index contributed by atoms with van der Waals surface area (Å²) in [4.78, 5) is 27.0. The van der Waals surface area contributed by atoms with Crippen molar-refractivity contribution in [2.75, 3.05) is 13.2 Å². The highest BCUT2D eigenvalue weighted by molar-refractivity contribution is 5.96. The number of carbonyl (C=O) groups is 2. The molecule has 4 aromatic carbocycles. The van der Waals surface area contributed by atoms with E-state index in [1.165, 1.54) is 5.56 Å². The number of hydrogen-bond acceptors (Lipinski definition) is 3. The van der Waals surface area contributed by atoms with E-state index >= 15 is 0 Å². The average Bonchev–Trinajstić information content (AvgIpc) is 2.94. The van der Waals surface area contributed by atoms with Gasteiger partial charge >= 0.3 is 5.97 Å². The Labute approximate surface area is 218 Å². The van der Waals surface area contributed by atoms with E-state index in [1.54, 1.807) is 12.1 Å². The molecule has 5 nitrogen and oxygen atoms in total. The molecule has 0 aromatic heterocycles. The van der Waals surface area contributed by atoms with Gasteiger partial charge in [-0.25, -0.2) is 4.79 Å². The molecule has 5 heteroatoms. The second kappa shape index (κ2) is 12.5. The van der Waals surface area contributed by atoms with Gasteiger partial charge in [-0.2, -0.15) is 0 Å². The summed E-state index contributed by atoms with van der Waals surface area (Å²) in [6.45, 7) is 3.58. The van der Waals surface area contributed by atoms with Gasteiger partial charge in [0.05, 0.1) is 12.2 Å². The predicted octanol–water partition coefficient (Wildman–Crippen LogP) is 6.73. The van der Waals surface area contributed by atoms with Crippen molar-refractivity contribution in [2.24, 2.45) is 0 Å². The molecule has 0 spiro atoms. The number of aromatic carboxylic acids is 1. The van der Waals surface area contributed by atoms with Crippen molar-refractivity contribution in [2.45, 2.75) is 26.3 Å². The molecule has 1 amide bonds. The Kier molecular flexibility index (Phi) is 8.71. The van der Waals surface area contributed by atoms with Gasteiger partial charge in [0, 0.05) is 18.7 Å². The zero-order valence-electron chi connectivity index (χ0n) is 21.0. The normalized spacial score (nSPS) is 10.6. The second-order valence-corrected chi connectivity index (χ2v) is 8.82. The van der Waals surface area contributed by atoms with Crippen molar-refractivity contribution in [1.29, 1.82) is 0 Å². The number of carboxylic acid groups (broad SMARTS) is 1. The van der Waals surface area contributed by atoms with E-state index in [-0.39, 0.29) is 11.5 Å². The average molecular weight is 494 g/mol. The lowest BCUT2D eigenvalue weighted by Crippen LogP contribution is -2.31. The van der Waals surface area contributed by atoms with Crippen molar-refractivity contribution in [1.82, 2.24) is 4.90 Å². The van der Waals surface area contributed by atoms with Gasteiger partial charge in [0.1, 0.15) is 5.75 Å². The Morgan fingerprint density at radius 2 is 1.46 bits per heavy atom. The fourth-order valence-corrected chi connectivity index (χ4v) is 4.35. The van der Waals surface area contributed by atoms with Crippen LogP contribution in [0.3, 0.4) is 0 Å². The molecule has 4 aromatic rings. The van der Waals surface area contributed by atoms with Crippen molar-refractivity contribution in [3.8, 4) is 16.9 Å². The number of carbonyl (C=O) groups excluding carboxylic acids is 1. The van der Waals surface area contributed by atoms with Crippen molar-refractivity contribution >= 4 is 11.9 Å². The zero-order valence-corrected chi connectivity index (χ0v) is 21.0. The number of amides is 1. The highest BCUT2D eigenvalue weighted by Gasteiger charge is 2.17. The summed E-state index contributed by atoms with van der Waals surface area (Å²) >= 11 is 0. The Hall–Kier alpha value is -4.38. The highest BCUT2D eigenvalue weighted by Crippen LogP contribution is 2.25. The maximum absolute atomic E-state index is 13.5. The lowest BCUT2D eigenvalue weighted by atomic mass is 9.98. The number of carboxylic acids is 1. The second-order valence-electron chi connectivity index (χ2n) is 8.82. The van der Waals surface area contributed by atoms with Gasteiger partial charge in [0.2, 0.25) is 0 Å². The SMILES string of the molecule is CCOc1ccc(C(=O)N(CCCc2ccccc2)Cc2ccc(-c3ccccc3C(=O)O)cc2)cc1. The Morgan fingerprint density at radius 3 is 2.14 bits per heavy atom. The van der Waals surface area contributed by atoms with E-state index in [0.29, 0.717) is 30.8 Å². The van der Waals surface area contributed by atoms with Crippen LogP contribution in [0.4, 0.5) is 0 Å². The monoisotopic (exact) mass is 493 g/mol. The Balaban J connectivity index is 1.52. The quantitative estimate of drug-likeness (QED) is 0.252. The largest absolute Gasteiger partial charge is 0.494 e. The summed E-state index contributed by atoms with van der Waals surface area (Å²) in [6, 6.07) is 32.3. The molecule has 0 aliphatic heterocycles. The summed E-state index contributed by atoms with van der Waals surface area (Å²) in [7, 11) is 0. The van der Waals surface area contributed by atoms with Crippen molar-refractivity contribution in [3.63, 3.8) is 0 Å². The number of hydrogen-bond donors (Lipinski definition) is 1. The molecule has 188 valence electrons. The van der Waals surface area contributed by atoms with E-state index in [0.717, 1.165) is 29.7 Å². The first-order chi connectivity index (χ1) is 18.0. The minimum atomic E-state index is -0.954. The van der Waals surface area contributed by atoms with E-state index in [4.69, 9.17) is 4.74 Å². The molecule has 0 saturated carbocycles. The molecule has 0 bridgehead atoms. The summed E-state index contributed by atoms with van der Waals surface area (Å²) < 4.78 is 5.52. The number of nitrogens with zero attached hydrogens (tertiary/aromatic N) is 1. The lowest BCUT2D eigenvalue weighted by molar-refractivity contribution is 0.0696. The third-order valence-corrected chi connectivity index (χ3v) is 6.23. The standard InChI is InChI=1S/C32H31NO4/c1-2-37-28-20-18-27(19-21-28)31(34)33(22-8-11-24-9-4-3-5-10-24)23-25-14-16-26(17-15-25)29-12-6-7-13-30(29)32(35)36/h3-7,9-10,12-21H,2,8,11,22-23H2,1H3,(H,35,36). The van der Waals surface area contributed by atoms with E-state index in [1.807, 2.05) is 90.7 Å². The molecule has 0 radical (unpaired) electrons. The van der Waals surface area contributed by atoms with E-state index in [2.05, 4.69) is 12.1 Å². The van der Waals surface area contributed by atoms with Crippen LogP contribution in [-0.2, 0) is 13.0 Å². The van der Waals surface area contributed by atoms with E-state index in [9.17, 15) is 14.7 Å². The minimum Gasteiger partial charge on any atom is -0.494 e. The van der Waals surface area contributed by atoms with Crippen LogP contribution in [0.1, 0.15) is 45.2 Å². The van der Waals surface area contributed by atoms with Crippen LogP contribution < -0.4 is 4.74 Å². The molecule has 0 aliphatic rings. The number of benzene rings is 4. The van der Waals surface area contributed by atoms with Gasteiger partial charge in [0.15, 0.2) is 0 Å². The molecule has 0 fully saturated rings.